The minimum Gasteiger partial charge on any atom is -0.497 e. The van der Waals surface area contributed by atoms with Crippen LogP contribution >= 0.6 is 22.7 Å². The molecular weight excluding hydrogens is 563 g/mol. The molecule has 1 aliphatic rings. The van der Waals surface area contributed by atoms with E-state index in [1.807, 2.05) is 97.1 Å². The summed E-state index contributed by atoms with van der Waals surface area (Å²) in [5, 5.41) is 12.4. The number of para-hydroxylation sites is 2. The van der Waals surface area contributed by atoms with E-state index in [4.69, 9.17) is 19.4 Å². The SMILES string of the molecule is COc1ccc(C2C(c3nc4ccccc4s3)C(=O)C(C#N)(c3nc4ccccc4s3)C2c2ccc(OC)cc2)cc1. The second-order valence-corrected chi connectivity index (χ2v) is 12.4. The van der Waals surface area contributed by atoms with E-state index >= 15 is 4.79 Å². The summed E-state index contributed by atoms with van der Waals surface area (Å²) in [4.78, 5) is 25.0. The van der Waals surface area contributed by atoms with Gasteiger partial charge in [0.1, 0.15) is 21.5 Å². The number of ketones is 1. The van der Waals surface area contributed by atoms with Crippen LogP contribution in [0.2, 0.25) is 0 Å². The summed E-state index contributed by atoms with van der Waals surface area (Å²) in [6, 6.07) is 33.8. The maximum Gasteiger partial charge on any atom is 0.175 e. The Morgan fingerprint density at radius 2 is 1.29 bits per heavy atom. The molecule has 4 atom stereocenters. The second kappa shape index (κ2) is 10.4. The molecule has 0 N–H and O–H groups in total. The topological polar surface area (TPSA) is 85.1 Å². The molecule has 4 aromatic carbocycles. The number of carbonyl (C=O) groups is 1. The number of methoxy groups -OCH3 is 2. The molecule has 2 aromatic heterocycles. The maximum atomic E-state index is 15.1. The van der Waals surface area contributed by atoms with E-state index in [-0.39, 0.29) is 11.7 Å². The Balaban J connectivity index is 1.53. The lowest BCUT2D eigenvalue weighted by atomic mass is 9.71. The van der Waals surface area contributed by atoms with Crippen LogP contribution < -0.4 is 9.47 Å². The zero-order valence-electron chi connectivity index (χ0n) is 22.9. The Kier molecular flexibility index (Phi) is 6.49. The summed E-state index contributed by atoms with van der Waals surface area (Å²) >= 11 is 2.93. The zero-order valence-corrected chi connectivity index (χ0v) is 24.5. The van der Waals surface area contributed by atoms with E-state index in [0.717, 1.165) is 37.3 Å². The first-order valence-corrected chi connectivity index (χ1v) is 15.2. The van der Waals surface area contributed by atoms with E-state index in [9.17, 15) is 5.26 Å². The fourth-order valence-corrected chi connectivity index (χ4v) is 8.51. The van der Waals surface area contributed by atoms with Gasteiger partial charge in [0, 0.05) is 11.8 Å². The van der Waals surface area contributed by atoms with Crippen LogP contribution in [0.4, 0.5) is 0 Å². The predicted octanol–water partition coefficient (Wildman–Crippen LogP) is 7.62. The highest BCUT2D eigenvalue weighted by Gasteiger charge is 2.65. The summed E-state index contributed by atoms with van der Waals surface area (Å²) in [6.45, 7) is 0. The molecule has 0 spiro atoms. The van der Waals surface area contributed by atoms with E-state index in [1.165, 1.54) is 22.7 Å². The van der Waals surface area contributed by atoms with E-state index in [1.54, 1.807) is 14.2 Å². The average molecular weight is 588 g/mol. The molecular formula is C34H25N3O3S2. The second-order valence-electron chi connectivity index (χ2n) is 10.3. The van der Waals surface area contributed by atoms with Crippen molar-refractivity contribution in [1.29, 1.82) is 5.26 Å². The summed E-state index contributed by atoms with van der Waals surface area (Å²) in [7, 11) is 3.25. The van der Waals surface area contributed by atoms with Gasteiger partial charge in [0.2, 0.25) is 0 Å². The monoisotopic (exact) mass is 587 g/mol. The van der Waals surface area contributed by atoms with Crippen molar-refractivity contribution >= 4 is 48.9 Å². The van der Waals surface area contributed by atoms with Gasteiger partial charge in [0.05, 0.1) is 46.6 Å². The molecule has 42 heavy (non-hydrogen) atoms. The van der Waals surface area contributed by atoms with Crippen LogP contribution in [-0.2, 0) is 10.2 Å². The van der Waals surface area contributed by atoms with Crippen LogP contribution in [0.15, 0.2) is 97.1 Å². The van der Waals surface area contributed by atoms with Gasteiger partial charge >= 0.3 is 0 Å². The van der Waals surface area contributed by atoms with Crippen LogP contribution in [0, 0.1) is 11.3 Å². The van der Waals surface area contributed by atoms with Gasteiger partial charge < -0.3 is 9.47 Å². The van der Waals surface area contributed by atoms with Gasteiger partial charge in [-0.2, -0.15) is 5.26 Å². The number of fused-ring (bicyclic) bond motifs is 2. The van der Waals surface area contributed by atoms with Crippen LogP contribution in [0.1, 0.15) is 38.9 Å². The average Bonchev–Trinajstić information content (AvgIpc) is 3.73. The minimum atomic E-state index is -1.54. The molecule has 0 aliphatic heterocycles. The summed E-state index contributed by atoms with van der Waals surface area (Å²) in [5.41, 5.74) is 1.89. The number of nitrogens with zero attached hydrogens (tertiary/aromatic N) is 3. The molecule has 0 amide bonds. The fraction of sp³-hybridized carbons (Fsp3) is 0.176. The molecule has 1 saturated carbocycles. The first-order valence-electron chi connectivity index (χ1n) is 13.5. The summed E-state index contributed by atoms with van der Waals surface area (Å²) < 4.78 is 12.8. The number of hydrogen-bond acceptors (Lipinski definition) is 8. The normalized spacial score (nSPS) is 21.9. The Hall–Kier alpha value is -4.58. The Labute approximate surface area is 250 Å². The van der Waals surface area contributed by atoms with Crippen molar-refractivity contribution < 1.29 is 14.3 Å². The van der Waals surface area contributed by atoms with Crippen LogP contribution in [-0.4, -0.2) is 30.0 Å². The van der Waals surface area contributed by atoms with Crippen LogP contribution in [0.25, 0.3) is 20.4 Å². The van der Waals surface area contributed by atoms with Crippen LogP contribution in [0.5, 0.6) is 11.5 Å². The van der Waals surface area contributed by atoms with Gasteiger partial charge in [0.25, 0.3) is 0 Å². The van der Waals surface area contributed by atoms with E-state index < -0.39 is 17.3 Å². The Bertz CT molecular complexity index is 1910. The summed E-state index contributed by atoms with van der Waals surface area (Å²) in [5.74, 6) is -0.331. The minimum absolute atomic E-state index is 0.176. The van der Waals surface area contributed by atoms with Gasteiger partial charge in [-0.15, -0.1) is 22.7 Å². The number of Topliss-reactive ketones (excluding diaryl/α,β-unsaturated/α-hetero) is 1. The van der Waals surface area contributed by atoms with Gasteiger partial charge in [-0.05, 0) is 59.7 Å². The van der Waals surface area contributed by atoms with Crippen molar-refractivity contribution in [2.24, 2.45) is 0 Å². The third kappa shape index (κ3) is 4.00. The smallest absolute Gasteiger partial charge is 0.175 e. The molecule has 206 valence electrons. The van der Waals surface area contributed by atoms with E-state index in [0.29, 0.717) is 15.8 Å². The molecule has 0 radical (unpaired) electrons. The Morgan fingerprint density at radius 3 is 1.83 bits per heavy atom. The number of benzene rings is 4. The highest BCUT2D eigenvalue weighted by atomic mass is 32.1. The van der Waals surface area contributed by atoms with Crippen molar-refractivity contribution in [3.05, 3.63) is 118 Å². The highest BCUT2D eigenvalue weighted by molar-refractivity contribution is 7.19. The lowest BCUT2D eigenvalue weighted by Crippen LogP contribution is -2.36. The molecule has 0 bridgehead atoms. The van der Waals surface area contributed by atoms with Crippen molar-refractivity contribution in [2.75, 3.05) is 14.2 Å². The standard InChI is InChI=1S/C34H25N3O3S2/c1-39-22-15-11-20(12-16-22)28-29(32-36-24-7-3-5-9-26(24)41-32)31(38)34(19-35,30(28)21-13-17-23(40-2)18-14-21)33-37-25-8-4-6-10-27(25)42-33/h3-18,28-30H,1-2H3. The number of aromatic nitrogens is 2. The molecule has 7 rings (SSSR count). The molecule has 6 aromatic rings. The van der Waals surface area contributed by atoms with Crippen molar-refractivity contribution in [2.45, 2.75) is 23.2 Å². The lowest BCUT2D eigenvalue weighted by Gasteiger charge is -2.30. The number of rotatable bonds is 6. The quantitative estimate of drug-likeness (QED) is 0.199. The zero-order chi connectivity index (χ0) is 28.8. The van der Waals surface area contributed by atoms with Crippen molar-refractivity contribution in [3.63, 3.8) is 0 Å². The predicted molar refractivity (Wildman–Crippen MR) is 166 cm³/mol. The molecule has 0 saturated heterocycles. The van der Waals surface area contributed by atoms with Gasteiger partial charge in [0.15, 0.2) is 11.2 Å². The first kappa shape index (κ1) is 26.3. The molecule has 6 nitrogen and oxygen atoms in total. The molecule has 8 heteroatoms. The third-order valence-corrected chi connectivity index (χ3v) is 10.5. The van der Waals surface area contributed by atoms with Crippen molar-refractivity contribution in [3.8, 4) is 17.6 Å². The first-order chi connectivity index (χ1) is 20.6. The molecule has 1 fully saturated rings. The van der Waals surface area contributed by atoms with Gasteiger partial charge in [-0.1, -0.05) is 48.5 Å². The number of thiazole rings is 2. The lowest BCUT2D eigenvalue weighted by molar-refractivity contribution is -0.122. The number of carbonyl (C=O) groups excluding carboxylic acids is 1. The Morgan fingerprint density at radius 1 is 0.738 bits per heavy atom. The largest absolute Gasteiger partial charge is 0.497 e. The number of ether oxygens (including phenoxy) is 2. The number of hydrogen-bond donors (Lipinski definition) is 0. The van der Waals surface area contributed by atoms with Gasteiger partial charge in [-0.25, -0.2) is 9.97 Å². The number of nitriles is 1. The fourth-order valence-electron chi connectivity index (χ4n) is 6.24. The van der Waals surface area contributed by atoms with Gasteiger partial charge in [-0.3, -0.25) is 4.79 Å². The third-order valence-electron chi connectivity index (χ3n) is 8.22. The maximum absolute atomic E-state index is 15.1. The molecule has 1 aliphatic carbocycles. The summed E-state index contributed by atoms with van der Waals surface area (Å²) in [6.07, 6.45) is 0. The highest BCUT2D eigenvalue weighted by Crippen LogP contribution is 2.62. The van der Waals surface area contributed by atoms with Crippen molar-refractivity contribution in [1.82, 2.24) is 9.97 Å². The van der Waals surface area contributed by atoms with E-state index in [2.05, 4.69) is 6.07 Å². The van der Waals surface area contributed by atoms with Crippen LogP contribution in [0.3, 0.4) is 0 Å². The molecule has 4 unspecified atom stereocenters. The molecule has 2 heterocycles.